The molecule has 2 atom stereocenters. The molecule has 0 saturated carbocycles. The van der Waals surface area contributed by atoms with Gasteiger partial charge in [-0.25, -0.2) is 4.98 Å². The second kappa shape index (κ2) is 11.2. The Kier molecular flexibility index (Phi) is 7.99. The molecule has 1 N–H and O–H groups in total. The van der Waals surface area contributed by atoms with Gasteiger partial charge in [-0.1, -0.05) is 37.6 Å². The molecule has 10 heteroatoms. The first-order valence-electron chi connectivity index (χ1n) is 12.9. The zero-order valence-corrected chi connectivity index (χ0v) is 22.5. The fourth-order valence-corrected chi connectivity index (χ4v) is 5.48. The number of para-hydroxylation sites is 1. The third-order valence-electron chi connectivity index (χ3n) is 7.31. The van der Waals surface area contributed by atoms with Crippen LogP contribution in [0.3, 0.4) is 0 Å². The highest BCUT2D eigenvalue weighted by Crippen LogP contribution is 2.42. The van der Waals surface area contributed by atoms with Crippen LogP contribution in [0.2, 0.25) is 5.02 Å². The Morgan fingerprint density at radius 2 is 2.14 bits per heavy atom. The fourth-order valence-electron chi connectivity index (χ4n) is 5.30. The monoisotopic (exact) mass is 529 g/mol. The van der Waals surface area contributed by atoms with Crippen molar-refractivity contribution in [2.24, 2.45) is 0 Å². The summed E-state index contributed by atoms with van der Waals surface area (Å²) in [5.41, 5.74) is 1.68. The number of anilines is 1. The molecule has 5 rings (SSSR count). The van der Waals surface area contributed by atoms with Crippen LogP contribution in [-0.2, 0) is 19.7 Å². The van der Waals surface area contributed by atoms with Crippen molar-refractivity contribution in [1.82, 2.24) is 20.1 Å². The number of amides is 1. The van der Waals surface area contributed by atoms with Crippen LogP contribution in [0.5, 0.6) is 11.6 Å². The van der Waals surface area contributed by atoms with E-state index < -0.39 is 0 Å². The van der Waals surface area contributed by atoms with Gasteiger partial charge in [-0.15, -0.1) is 0 Å². The number of carbonyl (C=O) groups excluding carboxylic acids is 1. The number of fused-ring (bicyclic) bond motifs is 1. The van der Waals surface area contributed by atoms with Crippen molar-refractivity contribution >= 4 is 23.2 Å². The highest BCUT2D eigenvalue weighted by atomic mass is 35.5. The Morgan fingerprint density at radius 3 is 2.97 bits per heavy atom. The van der Waals surface area contributed by atoms with Crippen molar-refractivity contribution in [2.45, 2.75) is 38.3 Å². The molecule has 200 valence electrons. The molecule has 3 aliphatic rings. The zero-order chi connectivity index (χ0) is 26.0. The topological polar surface area (TPSA) is 79.4 Å². The van der Waals surface area contributed by atoms with E-state index in [1.807, 2.05) is 29.3 Å². The molecule has 3 aliphatic heterocycles. The van der Waals surface area contributed by atoms with Crippen molar-refractivity contribution < 1.29 is 19.0 Å². The number of pyridine rings is 1. The summed E-state index contributed by atoms with van der Waals surface area (Å²) < 4.78 is 17.0. The van der Waals surface area contributed by atoms with Gasteiger partial charge >= 0.3 is 0 Å². The lowest BCUT2D eigenvalue weighted by atomic mass is 9.88. The molecular weight excluding hydrogens is 494 g/mol. The van der Waals surface area contributed by atoms with Gasteiger partial charge in [0, 0.05) is 68.0 Å². The molecule has 0 aliphatic carbocycles. The van der Waals surface area contributed by atoms with Gasteiger partial charge in [0.1, 0.15) is 19.3 Å². The average Bonchev–Trinajstić information content (AvgIpc) is 3.00. The van der Waals surface area contributed by atoms with Gasteiger partial charge in [-0.3, -0.25) is 14.6 Å². The second-order valence-corrected chi connectivity index (χ2v) is 11.2. The van der Waals surface area contributed by atoms with E-state index >= 15 is 0 Å². The van der Waals surface area contributed by atoms with E-state index in [0.29, 0.717) is 55.9 Å². The molecule has 0 spiro atoms. The maximum Gasteiger partial charge on any atom is 0.241 e. The lowest BCUT2D eigenvalue weighted by molar-refractivity contribution is -0.121. The molecule has 1 aromatic carbocycles. The Bertz CT molecular complexity index is 1110. The van der Waals surface area contributed by atoms with Gasteiger partial charge in [0.25, 0.3) is 0 Å². The molecule has 1 aromatic heterocycles. The van der Waals surface area contributed by atoms with Crippen molar-refractivity contribution in [3.8, 4) is 11.6 Å². The fraction of sp³-hybridized carbons (Fsp3) is 0.556. The molecule has 0 unspecified atom stereocenters. The molecule has 37 heavy (non-hydrogen) atoms. The van der Waals surface area contributed by atoms with Gasteiger partial charge in [0.05, 0.1) is 23.9 Å². The minimum atomic E-state index is -0.208. The summed E-state index contributed by atoms with van der Waals surface area (Å²) in [6, 6.07) is 9.67. The Morgan fingerprint density at radius 1 is 1.30 bits per heavy atom. The van der Waals surface area contributed by atoms with Crippen molar-refractivity contribution in [1.29, 1.82) is 0 Å². The quantitative estimate of drug-likeness (QED) is 0.611. The number of halogens is 1. The van der Waals surface area contributed by atoms with Crippen LogP contribution in [-0.4, -0.2) is 92.2 Å². The van der Waals surface area contributed by atoms with E-state index in [-0.39, 0.29) is 17.4 Å². The van der Waals surface area contributed by atoms with Crippen LogP contribution in [0.15, 0.2) is 36.5 Å². The summed E-state index contributed by atoms with van der Waals surface area (Å²) in [4.78, 5) is 24.8. The first-order chi connectivity index (χ1) is 17.8. The van der Waals surface area contributed by atoms with Gasteiger partial charge in [-0.2, -0.15) is 0 Å². The minimum absolute atomic E-state index is 0.0799. The Hall–Kier alpha value is -2.27. The maximum absolute atomic E-state index is 13.8. The van der Waals surface area contributed by atoms with E-state index in [9.17, 15) is 4.79 Å². The number of hydrogen-bond acceptors (Lipinski definition) is 8. The SMILES string of the molecule is C[C@@H]1CN(CC(=O)N2CC(C)(C)c3cnc(Oc4ccccc4Cl)cc32)[C@@H](CN2CCOCOC2)CN1. The number of aromatic nitrogens is 1. The van der Waals surface area contributed by atoms with Crippen molar-refractivity contribution in [3.05, 3.63) is 47.1 Å². The highest BCUT2D eigenvalue weighted by Gasteiger charge is 2.40. The smallest absolute Gasteiger partial charge is 0.241 e. The standard InChI is InChI=1S/C27H36ClN5O4/c1-19-13-32(20(11-29-19)14-31-8-9-35-18-36-17-31)15-26(34)33-16-27(2,3)21-12-30-25(10-23(21)33)37-24-7-5-4-6-22(24)28/h4-7,10,12,19-20,29H,8-9,11,13-18H2,1-3H3/t19-,20-/m1/s1. The van der Waals surface area contributed by atoms with Gasteiger partial charge in [0.2, 0.25) is 11.8 Å². The normalized spacial score (nSPS) is 24.5. The van der Waals surface area contributed by atoms with E-state index in [4.69, 9.17) is 25.8 Å². The van der Waals surface area contributed by atoms with Crippen LogP contribution in [0.1, 0.15) is 26.3 Å². The highest BCUT2D eigenvalue weighted by molar-refractivity contribution is 6.32. The summed E-state index contributed by atoms with van der Waals surface area (Å²) in [6.07, 6.45) is 1.83. The lowest BCUT2D eigenvalue weighted by Gasteiger charge is -2.41. The molecule has 0 bridgehead atoms. The predicted octanol–water partition coefficient (Wildman–Crippen LogP) is 3.08. The molecule has 4 heterocycles. The van der Waals surface area contributed by atoms with E-state index in [1.54, 1.807) is 12.1 Å². The molecule has 2 aromatic rings. The number of hydrogen-bond donors (Lipinski definition) is 1. The minimum Gasteiger partial charge on any atom is -0.437 e. The van der Waals surface area contributed by atoms with E-state index in [2.05, 4.69) is 40.9 Å². The number of rotatable bonds is 6. The molecule has 1 amide bonds. The van der Waals surface area contributed by atoms with Crippen LogP contribution in [0.4, 0.5) is 5.69 Å². The largest absolute Gasteiger partial charge is 0.437 e. The number of nitrogens with one attached hydrogen (secondary N) is 1. The third-order valence-corrected chi connectivity index (χ3v) is 7.62. The maximum atomic E-state index is 13.8. The number of nitrogens with zero attached hydrogens (tertiary/aromatic N) is 4. The third kappa shape index (κ3) is 6.08. The van der Waals surface area contributed by atoms with E-state index in [0.717, 1.165) is 37.4 Å². The van der Waals surface area contributed by atoms with Crippen molar-refractivity contribution in [3.63, 3.8) is 0 Å². The summed E-state index contributed by atoms with van der Waals surface area (Å²) in [5.74, 6) is 1.03. The van der Waals surface area contributed by atoms with Gasteiger partial charge < -0.3 is 24.4 Å². The van der Waals surface area contributed by atoms with Crippen molar-refractivity contribution in [2.75, 3.05) is 64.3 Å². The number of benzene rings is 1. The molecule has 2 saturated heterocycles. The molecule has 2 fully saturated rings. The number of carbonyl (C=O) groups is 1. The van der Waals surface area contributed by atoms with Gasteiger partial charge in [0.15, 0.2) is 0 Å². The molecular formula is C27H36ClN5O4. The van der Waals surface area contributed by atoms with Gasteiger partial charge in [-0.05, 0) is 19.1 Å². The van der Waals surface area contributed by atoms with Crippen LogP contribution in [0.25, 0.3) is 0 Å². The summed E-state index contributed by atoms with van der Waals surface area (Å²) in [6.45, 7) is 12.2. The molecule has 9 nitrogen and oxygen atoms in total. The second-order valence-electron chi connectivity index (χ2n) is 10.8. The first kappa shape index (κ1) is 26.3. The van der Waals surface area contributed by atoms with E-state index in [1.165, 1.54) is 0 Å². The van der Waals surface area contributed by atoms with Crippen LogP contribution < -0.4 is 15.0 Å². The first-order valence-corrected chi connectivity index (χ1v) is 13.3. The zero-order valence-electron chi connectivity index (χ0n) is 21.8. The molecule has 0 radical (unpaired) electrons. The Balaban J connectivity index is 1.33. The summed E-state index contributed by atoms with van der Waals surface area (Å²) >= 11 is 6.28. The van der Waals surface area contributed by atoms with Crippen LogP contribution >= 0.6 is 11.6 Å². The number of piperazine rings is 1. The number of ether oxygens (including phenoxy) is 3. The Labute approximate surface area is 223 Å². The van der Waals surface area contributed by atoms with Crippen LogP contribution in [0, 0.1) is 0 Å². The predicted molar refractivity (Wildman–Crippen MR) is 142 cm³/mol. The summed E-state index contributed by atoms with van der Waals surface area (Å²) in [5, 5.41) is 4.09. The average molecular weight is 530 g/mol. The summed E-state index contributed by atoms with van der Waals surface area (Å²) in [7, 11) is 0. The lowest BCUT2D eigenvalue weighted by Crippen LogP contribution is -2.61.